The van der Waals surface area contributed by atoms with Crippen molar-refractivity contribution in [2.24, 2.45) is 5.73 Å². The summed E-state index contributed by atoms with van der Waals surface area (Å²) in [6, 6.07) is -0.202. The van der Waals surface area contributed by atoms with E-state index >= 15 is 0 Å². The molecule has 0 unspecified atom stereocenters. The van der Waals surface area contributed by atoms with Gasteiger partial charge in [0.05, 0.1) is 6.04 Å². The first-order chi connectivity index (χ1) is 5.22. The van der Waals surface area contributed by atoms with Crippen LogP contribution in [0.5, 0.6) is 0 Å². The minimum Gasteiger partial charge on any atom is -0.322 e. The molecule has 2 nitrogen and oxygen atoms in total. The highest BCUT2D eigenvalue weighted by atomic mass is 16.1. The maximum atomic E-state index is 11.0. The van der Waals surface area contributed by atoms with Crippen LogP contribution in [-0.2, 0) is 4.79 Å². The Morgan fingerprint density at radius 1 is 1.36 bits per heavy atom. The molecule has 0 spiro atoms. The van der Waals surface area contributed by atoms with E-state index in [1.54, 1.807) is 0 Å². The fourth-order valence-corrected chi connectivity index (χ4v) is 1.04. The van der Waals surface area contributed by atoms with Gasteiger partial charge in [-0.2, -0.15) is 0 Å². The lowest BCUT2D eigenvalue weighted by atomic mass is 10.0. The summed E-state index contributed by atoms with van der Waals surface area (Å²) < 4.78 is 0. The molecule has 0 saturated carbocycles. The van der Waals surface area contributed by atoms with Crippen LogP contribution < -0.4 is 5.73 Å². The lowest BCUT2D eigenvalue weighted by Crippen LogP contribution is -2.29. The highest BCUT2D eigenvalue weighted by Gasteiger charge is 2.09. The molecule has 0 saturated heterocycles. The van der Waals surface area contributed by atoms with E-state index < -0.39 is 0 Å². The van der Waals surface area contributed by atoms with Gasteiger partial charge in [-0.1, -0.05) is 33.1 Å². The van der Waals surface area contributed by atoms with Crippen molar-refractivity contribution in [3.05, 3.63) is 0 Å². The summed E-state index contributed by atoms with van der Waals surface area (Å²) in [5, 5.41) is 0. The van der Waals surface area contributed by atoms with E-state index in [4.69, 9.17) is 5.73 Å². The molecular formula is C9H19NO. The molecule has 0 aliphatic rings. The van der Waals surface area contributed by atoms with Crippen LogP contribution in [0.2, 0.25) is 0 Å². The van der Waals surface area contributed by atoms with Crippen LogP contribution in [0.25, 0.3) is 0 Å². The molecule has 11 heavy (non-hydrogen) atoms. The zero-order valence-electron chi connectivity index (χ0n) is 7.60. The number of hydrogen-bond donors (Lipinski definition) is 1. The number of unbranched alkanes of at least 4 members (excludes halogenated alkanes) is 2. The first-order valence-corrected chi connectivity index (χ1v) is 4.50. The first kappa shape index (κ1) is 10.6. The second kappa shape index (κ2) is 6.35. The van der Waals surface area contributed by atoms with Gasteiger partial charge in [0, 0.05) is 6.42 Å². The Morgan fingerprint density at radius 3 is 2.45 bits per heavy atom. The van der Waals surface area contributed by atoms with E-state index in [1.807, 2.05) is 6.92 Å². The van der Waals surface area contributed by atoms with E-state index in [1.165, 1.54) is 12.8 Å². The SMILES string of the molecule is CCCCC[C@H](N)C(=O)CC. The van der Waals surface area contributed by atoms with E-state index in [0.29, 0.717) is 6.42 Å². The highest BCUT2D eigenvalue weighted by Crippen LogP contribution is 2.03. The summed E-state index contributed by atoms with van der Waals surface area (Å²) in [7, 11) is 0. The van der Waals surface area contributed by atoms with Crippen molar-refractivity contribution in [1.29, 1.82) is 0 Å². The molecule has 0 aromatic carbocycles. The number of hydrogen-bond acceptors (Lipinski definition) is 2. The monoisotopic (exact) mass is 157 g/mol. The lowest BCUT2D eigenvalue weighted by molar-refractivity contribution is -0.120. The fraction of sp³-hybridized carbons (Fsp3) is 0.889. The van der Waals surface area contributed by atoms with Crippen LogP contribution in [0.4, 0.5) is 0 Å². The summed E-state index contributed by atoms with van der Waals surface area (Å²) in [5.74, 6) is 0.195. The van der Waals surface area contributed by atoms with E-state index in [2.05, 4.69) is 6.92 Å². The zero-order valence-corrected chi connectivity index (χ0v) is 7.60. The molecule has 2 heteroatoms. The third-order valence-electron chi connectivity index (χ3n) is 1.88. The van der Waals surface area contributed by atoms with Gasteiger partial charge in [-0.15, -0.1) is 0 Å². The molecule has 2 N–H and O–H groups in total. The third-order valence-corrected chi connectivity index (χ3v) is 1.88. The summed E-state index contributed by atoms with van der Waals surface area (Å²) in [5.41, 5.74) is 5.62. The van der Waals surface area contributed by atoms with Crippen molar-refractivity contribution in [3.63, 3.8) is 0 Å². The first-order valence-electron chi connectivity index (χ1n) is 4.50. The molecule has 0 fully saturated rings. The van der Waals surface area contributed by atoms with Crippen LogP contribution in [-0.4, -0.2) is 11.8 Å². The summed E-state index contributed by atoms with van der Waals surface area (Å²) in [6.45, 7) is 4.01. The Bertz CT molecular complexity index is 112. The maximum Gasteiger partial charge on any atom is 0.149 e. The van der Waals surface area contributed by atoms with Gasteiger partial charge >= 0.3 is 0 Å². The van der Waals surface area contributed by atoms with Crippen molar-refractivity contribution in [1.82, 2.24) is 0 Å². The Kier molecular flexibility index (Phi) is 6.13. The van der Waals surface area contributed by atoms with Crippen molar-refractivity contribution < 1.29 is 4.79 Å². The van der Waals surface area contributed by atoms with Gasteiger partial charge in [-0.25, -0.2) is 0 Å². The minimum atomic E-state index is -0.202. The summed E-state index contributed by atoms with van der Waals surface area (Å²) in [6.07, 6.45) is 4.90. The molecular weight excluding hydrogens is 138 g/mol. The molecule has 1 atom stereocenters. The van der Waals surface area contributed by atoms with Crippen molar-refractivity contribution in [2.45, 2.75) is 52.0 Å². The number of ketones is 1. The number of carbonyl (C=O) groups is 1. The topological polar surface area (TPSA) is 43.1 Å². The van der Waals surface area contributed by atoms with Gasteiger partial charge in [-0.05, 0) is 6.42 Å². The minimum absolute atomic E-state index is 0.195. The number of rotatable bonds is 6. The largest absolute Gasteiger partial charge is 0.322 e. The average Bonchev–Trinajstić information content (AvgIpc) is 2.03. The molecule has 0 amide bonds. The van der Waals surface area contributed by atoms with Gasteiger partial charge in [0.25, 0.3) is 0 Å². The standard InChI is InChI=1S/C9H19NO/c1-3-5-6-7-8(10)9(11)4-2/h8H,3-7,10H2,1-2H3/t8-/m0/s1. The van der Waals surface area contributed by atoms with Crippen molar-refractivity contribution >= 4 is 5.78 Å². The third kappa shape index (κ3) is 4.96. The number of carbonyl (C=O) groups excluding carboxylic acids is 1. The van der Waals surface area contributed by atoms with Crippen LogP contribution >= 0.6 is 0 Å². The van der Waals surface area contributed by atoms with Gasteiger partial charge in [-0.3, -0.25) is 4.79 Å². The zero-order chi connectivity index (χ0) is 8.69. The molecule has 66 valence electrons. The molecule has 0 radical (unpaired) electrons. The second-order valence-corrected chi connectivity index (χ2v) is 2.92. The van der Waals surface area contributed by atoms with Gasteiger partial charge in [0.15, 0.2) is 0 Å². The van der Waals surface area contributed by atoms with Crippen LogP contribution in [0, 0.1) is 0 Å². The van der Waals surface area contributed by atoms with Crippen molar-refractivity contribution in [3.8, 4) is 0 Å². The number of Topliss-reactive ketones (excluding diaryl/α,β-unsaturated/α-hetero) is 1. The Labute approximate surface area is 69.2 Å². The normalized spacial score (nSPS) is 13.0. The molecule has 0 aromatic heterocycles. The summed E-state index contributed by atoms with van der Waals surface area (Å²) >= 11 is 0. The van der Waals surface area contributed by atoms with Gasteiger partial charge < -0.3 is 5.73 Å². The second-order valence-electron chi connectivity index (χ2n) is 2.92. The number of nitrogens with two attached hydrogens (primary N) is 1. The van der Waals surface area contributed by atoms with Crippen molar-refractivity contribution in [2.75, 3.05) is 0 Å². The molecule has 0 heterocycles. The quantitative estimate of drug-likeness (QED) is 0.598. The van der Waals surface area contributed by atoms with E-state index in [9.17, 15) is 4.79 Å². The summed E-state index contributed by atoms with van der Waals surface area (Å²) in [4.78, 5) is 11.0. The molecule has 0 aliphatic carbocycles. The van der Waals surface area contributed by atoms with Crippen LogP contribution in [0.1, 0.15) is 46.0 Å². The Morgan fingerprint density at radius 2 is 2.00 bits per heavy atom. The van der Waals surface area contributed by atoms with Gasteiger partial charge in [0.1, 0.15) is 5.78 Å². The molecule has 0 rings (SSSR count). The Balaban J connectivity index is 3.36. The predicted octanol–water partition coefficient (Wildman–Crippen LogP) is 1.87. The lowest BCUT2D eigenvalue weighted by Gasteiger charge is -2.07. The van der Waals surface area contributed by atoms with Crippen LogP contribution in [0.15, 0.2) is 0 Å². The molecule has 0 aromatic rings. The molecule has 0 bridgehead atoms. The fourth-order valence-electron chi connectivity index (χ4n) is 1.04. The predicted molar refractivity (Wildman–Crippen MR) is 47.4 cm³/mol. The van der Waals surface area contributed by atoms with Crippen LogP contribution in [0.3, 0.4) is 0 Å². The maximum absolute atomic E-state index is 11.0. The molecule has 0 aliphatic heterocycles. The average molecular weight is 157 g/mol. The van der Waals surface area contributed by atoms with E-state index in [-0.39, 0.29) is 11.8 Å². The van der Waals surface area contributed by atoms with E-state index in [0.717, 1.165) is 12.8 Å². The Hall–Kier alpha value is -0.370. The highest BCUT2D eigenvalue weighted by molar-refractivity contribution is 5.83. The van der Waals surface area contributed by atoms with Gasteiger partial charge in [0.2, 0.25) is 0 Å². The smallest absolute Gasteiger partial charge is 0.149 e.